The van der Waals surface area contributed by atoms with Gasteiger partial charge in [0, 0.05) is 6.54 Å². The number of rotatable bonds is 8. The molecule has 0 bridgehead atoms. The van der Waals surface area contributed by atoms with Crippen LogP contribution in [-0.2, 0) is 0 Å². The van der Waals surface area contributed by atoms with Crippen molar-refractivity contribution in [3.8, 4) is 5.75 Å². The summed E-state index contributed by atoms with van der Waals surface area (Å²) in [7, 11) is 0. The molecule has 0 amide bonds. The van der Waals surface area contributed by atoms with Gasteiger partial charge in [0.1, 0.15) is 12.1 Å². The minimum atomic E-state index is -0.531. The van der Waals surface area contributed by atoms with Crippen LogP contribution in [0.3, 0.4) is 0 Å². The highest BCUT2D eigenvalue weighted by molar-refractivity contribution is 5.75. The van der Waals surface area contributed by atoms with Crippen molar-refractivity contribution in [2.75, 3.05) is 23.8 Å². The first-order valence-corrected chi connectivity index (χ1v) is 7.00. The van der Waals surface area contributed by atoms with Gasteiger partial charge in [-0.1, -0.05) is 18.2 Å². The summed E-state index contributed by atoms with van der Waals surface area (Å²) in [6, 6.07) is 7.15. The Bertz CT molecular complexity index is 705. The van der Waals surface area contributed by atoms with E-state index < -0.39 is 4.92 Å². The maximum Gasteiger partial charge on any atom is 0.353 e. The number of nitro groups is 1. The van der Waals surface area contributed by atoms with Gasteiger partial charge in [-0.3, -0.25) is 10.1 Å². The molecule has 0 aliphatic heterocycles. The Labute approximate surface area is 133 Å². The fraction of sp³-hybridized carbons (Fsp3) is 0.200. The van der Waals surface area contributed by atoms with Crippen molar-refractivity contribution < 1.29 is 9.66 Å². The molecule has 2 aromatic rings. The lowest BCUT2D eigenvalue weighted by molar-refractivity contribution is -0.383. The summed E-state index contributed by atoms with van der Waals surface area (Å²) in [6.07, 6.45) is 2.84. The van der Waals surface area contributed by atoms with E-state index in [1.807, 2.05) is 13.0 Å². The SMILES string of the molecule is C=CCNc1ncnc(Nc2ccccc2OCC)c1[N+](=O)[O-]. The quantitative estimate of drug-likeness (QED) is 0.438. The number of nitrogens with zero attached hydrogens (tertiary/aromatic N) is 3. The highest BCUT2D eigenvalue weighted by atomic mass is 16.6. The number of hydrogen-bond acceptors (Lipinski definition) is 7. The van der Waals surface area contributed by atoms with E-state index in [1.165, 1.54) is 6.33 Å². The Balaban J connectivity index is 2.40. The highest BCUT2D eigenvalue weighted by Gasteiger charge is 2.23. The number of hydrogen-bond donors (Lipinski definition) is 2. The number of ether oxygens (including phenoxy) is 1. The standard InChI is InChI=1S/C15H17N5O3/c1-3-9-16-14-13(20(21)22)15(18-10-17-14)19-11-7-5-6-8-12(11)23-4-2/h3,5-8,10H,1,4,9H2,2H3,(H2,16,17,18,19). The summed E-state index contributed by atoms with van der Waals surface area (Å²) in [5, 5.41) is 17.2. The Morgan fingerprint density at radius 1 is 1.35 bits per heavy atom. The number of benzene rings is 1. The third-order valence-electron chi connectivity index (χ3n) is 2.86. The van der Waals surface area contributed by atoms with Crippen LogP contribution in [0.25, 0.3) is 0 Å². The summed E-state index contributed by atoms with van der Waals surface area (Å²) in [5.74, 6) is 0.800. The second-order valence-corrected chi connectivity index (χ2v) is 4.40. The second kappa shape index (κ2) is 7.74. The molecular formula is C15H17N5O3. The van der Waals surface area contributed by atoms with E-state index in [9.17, 15) is 10.1 Å². The molecule has 0 unspecified atom stereocenters. The van der Waals surface area contributed by atoms with E-state index >= 15 is 0 Å². The lowest BCUT2D eigenvalue weighted by Crippen LogP contribution is -2.08. The Morgan fingerprint density at radius 3 is 2.78 bits per heavy atom. The zero-order chi connectivity index (χ0) is 16.7. The van der Waals surface area contributed by atoms with Gasteiger partial charge in [-0.25, -0.2) is 9.97 Å². The third kappa shape index (κ3) is 3.94. The first-order valence-electron chi connectivity index (χ1n) is 7.00. The van der Waals surface area contributed by atoms with Gasteiger partial charge in [0.05, 0.1) is 17.2 Å². The normalized spacial score (nSPS) is 9.96. The third-order valence-corrected chi connectivity index (χ3v) is 2.86. The lowest BCUT2D eigenvalue weighted by atomic mass is 10.3. The van der Waals surface area contributed by atoms with Crippen LogP contribution in [0.15, 0.2) is 43.2 Å². The largest absolute Gasteiger partial charge is 0.492 e. The molecule has 0 aliphatic carbocycles. The van der Waals surface area contributed by atoms with Crippen molar-refractivity contribution in [3.63, 3.8) is 0 Å². The van der Waals surface area contributed by atoms with E-state index in [0.29, 0.717) is 24.6 Å². The lowest BCUT2D eigenvalue weighted by Gasteiger charge is -2.12. The van der Waals surface area contributed by atoms with Crippen LogP contribution < -0.4 is 15.4 Å². The number of para-hydroxylation sites is 2. The van der Waals surface area contributed by atoms with E-state index in [-0.39, 0.29) is 17.3 Å². The van der Waals surface area contributed by atoms with Crippen molar-refractivity contribution in [3.05, 3.63) is 53.4 Å². The zero-order valence-electron chi connectivity index (χ0n) is 12.7. The minimum Gasteiger partial charge on any atom is -0.492 e. The smallest absolute Gasteiger partial charge is 0.353 e. The summed E-state index contributed by atoms with van der Waals surface area (Å²) < 4.78 is 5.50. The molecule has 0 aliphatic rings. The van der Waals surface area contributed by atoms with E-state index in [1.54, 1.807) is 24.3 Å². The molecule has 2 N–H and O–H groups in total. The average molecular weight is 315 g/mol. The molecule has 1 heterocycles. The Hall–Kier alpha value is -3.16. The summed E-state index contributed by atoms with van der Waals surface area (Å²) in [4.78, 5) is 18.8. The van der Waals surface area contributed by atoms with E-state index in [2.05, 4.69) is 27.2 Å². The van der Waals surface area contributed by atoms with Crippen LogP contribution in [0.5, 0.6) is 5.75 Å². The Morgan fingerprint density at radius 2 is 2.09 bits per heavy atom. The molecule has 23 heavy (non-hydrogen) atoms. The first kappa shape index (κ1) is 16.2. The van der Waals surface area contributed by atoms with Crippen LogP contribution in [-0.4, -0.2) is 28.0 Å². The van der Waals surface area contributed by atoms with Crippen molar-refractivity contribution in [2.24, 2.45) is 0 Å². The summed E-state index contributed by atoms with van der Waals surface area (Å²) in [6.45, 7) is 6.26. The van der Waals surface area contributed by atoms with Gasteiger partial charge in [0.15, 0.2) is 0 Å². The monoisotopic (exact) mass is 315 g/mol. The summed E-state index contributed by atoms with van der Waals surface area (Å²) >= 11 is 0. The van der Waals surface area contributed by atoms with Crippen molar-refractivity contribution >= 4 is 23.0 Å². The van der Waals surface area contributed by atoms with E-state index in [0.717, 1.165) is 0 Å². The van der Waals surface area contributed by atoms with Crippen LogP contribution in [0, 0.1) is 10.1 Å². The molecule has 0 atom stereocenters. The van der Waals surface area contributed by atoms with Crippen LogP contribution in [0.2, 0.25) is 0 Å². The molecule has 0 saturated carbocycles. The predicted octanol–water partition coefficient (Wildman–Crippen LogP) is 3.13. The molecule has 120 valence electrons. The van der Waals surface area contributed by atoms with Gasteiger partial charge in [-0.15, -0.1) is 6.58 Å². The van der Waals surface area contributed by atoms with Gasteiger partial charge in [0.25, 0.3) is 0 Å². The Kier molecular flexibility index (Phi) is 5.45. The summed E-state index contributed by atoms with van der Waals surface area (Å²) in [5.41, 5.74) is 0.353. The molecule has 0 radical (unpaired) electrons. The molecule has 0 saturated heterocycles. The van der Waals surface area contributed by atoms with Crippen LogP contribution in [0.1, 0.15) is 6.92 Å². The van der Waals surface area contributed by atoms with Crippen LogP contribution in [0.4, 0.5) is 23.0 Å². The molecule has 0 fully saturated rings. The molecule has 8 nitrogen and oxygen atoms in total. The molecule has 1 aromatic heterocycles. The maximum absolute atomic E-state index is 11.4. The molecule has 1 aromatic carbocycles. The predicted molar refractivity (Wildman–Crippen MR) is 88.3 cm³/mol. The molecular weight excluding hydrogens is 298 g/mol. The van der Waals surface area contributed by atoms with Gasteiger partial charge >= 0.3 is 5.69 Å². The fourth-order valence-corrected chi connectivity index (χ4v) is 1.92. The van der Waals surface area contributed by atoms with Gasteiger partial charge < -0.3 is 15.4 Å². The molecule has 8 heteroatoms. The van der Waals surface area contributed by atoms with Crippen molar-refractivity contribution in [2.45, 2.75) is 6.92 Å². The van der Waals surface area contributed by atoms with E-state index in [4.69, 9.17) is 4.74 Å². The van der Waals surface area contributed by atoms with Crippen LogP contribution >= 0.6 is 0 Å². The van der Waals surface area contributed by atoms with Crippen molar-refractivity contribution in [1.82, 2.24) is 9.97 Å². The number of nitrogens with one attached hydrogen (secondary N) is 2. The van der Waals surface area contributed by atoms with Gasteiger partial charge in [0.2, 0.25) is 11.6 Å². The average Bonchev–Trinajstić information content (AvgIpc) is 2.54. The topological polar surface area (TPSA) is 102 Å². The highest BCUT2D eigenvalue weighted by Crippen LogP contribution is 2.34. The number of aromatic nitrogens is 2. The number of anilines is 3. The zero-order valence-corrected chi connectivity index (χ0v) is 12.7. The first-order chi connectivity index (χ1) is 11.2. The maximum atomic E-state index is 11.4. The fourth-order valence-electron chi connectivity index (χ4n) is 1.92. The molecule has 0 spiro atoms. The van der Waals surface area contributed by atoms with Gasteiger partial charge in [-0.05, 0) is 19.1 Å². The second-order valence-electron chi connectivity index (χ2n) is 4.40. The molecule has 2 rings (SSSR count). The minimum absolute atomic E-state index is 0.0868. The van der Waals surface area contributed by atoms with Crippen molar-refractivity contribution in [1.29, 1.82) is 0 Å². The van der Waals surface area contributed by atoms with Gasteiger partial charge in [-0.2, -0.15) is 0 Å².